The molecular formula is C10H18O3. The van der Waals surface area contributed by atoms with Gasteiger partial charge in [-0.05, 0) is 13.3 Å². The highest BCUT2D eigenvalue weighted by atomic mass is 16.6. The average molecular weight is 186 g/mol. The van der Waals surface area contributed by atoms with Gasteiger partial charge in [-0.3, -0.25) is 0 Å². The number of hydrogen-bond acceptors (Lipinski definition) is 3. The summed E-state index contributed by atoms with van der Waals surface area (Å²) in [4.78, 5) is 0. The van der Waals surface area contributed by atoms with E-state index in [2.05, 4.69) is 6.92 Å². The molecule has 3 heteroatoms. The quantitative estimate of drug-likeness (QED) is 0.626. The maximum absolute atomic E-state index is 5.68. The van der Waals surface area contributed by atoms with Gasteiger partial charge in [-0.25, -0.2) is 0 Å². The Kier molecular flexibility index (Phi) is 4.25. The van der Waals surface area contributed by atoms with E-state index in [1.54, 1.807) is 6.26 Å². The Hall–Kier alpha value is -0.540. The van der Waals surface area contributed by atoms with Gasteiger partial charge in [-0.2, -0.15) is 0 Å². The Morgan fingerprint density at radius 1 is 1.46 bits per heavy atom. The van der Waals surface area contributed by atoms with Crippen LogP contribution in [0.5, 0.6) is 0 Å². The molecule has 0 N–H and O–H groups in total. The minimum absolute atomic E-state index is 0.224. The lowest BCUT2D eigenvalue weighted by Crippen LogP contribution is -2.46. The van der Waals surface area contributed by atoms with Crippen LogP contribution in [0.3, 0.4) is 0 Å². The molecule has 0 aromatic rings. The van der Waals surface area contributed by atoms with E-state index in [0.29, 0.717) is 26.4 Å². The lowest BCUT2D eigenvalue weighted by atomic mass is 10.0. The fourth-order valence-electron chi connectivity index (χ4n) is 1.30. The molecule has 0 aliphatic carbocycles. The Morgan fingerprint density at radius 3 is 2.85 bits per heavy atom. The van der Waals surface area contributed by atoms with Gasteiger partial charge in [-0.1, -0.05) is 13.0 Å². The third-order valence-corrected chi connectivity index (χ3v) is 2.22. The van der Waals surface area contributed by atoms with E-state index in [0.717, 1.165) is 6.42 Å². The minimum atomic E-state index is -0.224. The molecule has 1 fully saturated rings. The first kappa shape index (κ1) is 10.5. The van der Waals surface area contributed by atoms with E-state index in [4.69, 9.17) is 14.2 Å². The zero-order valence-electron chi connectivity index (χ0n) is 8.41. The van der Waals surface area contributed by atoms with Gasteiger partial charge < -0.3 is 14.2 Å². The van der Waals surface area contributed by atoms with Crippen LogP contribution in [-0.2, 0) is 14.2 Å². The van der Waals surface area contributed by atoms with Crippen molar-refractivity contribution in [1.29, 1.82) is 0 Å². The number of ether oxygens (including phenoxy) is 3. The second-order valence-electron chi connectivity index (χ2n) is 3.22. The smallest absolute Gasteiger partial charge is 0.125 e. The molecule has 1 saturated heterocycles. The van der Waals surface area contributed by atoms with Crippen LogP contribution in [-0.4, -0.2) is 32.0 Å². The van der Waals surface area contributed by atoms with Crippen molar-refractivity contribution in [2.75, 3.05) is 26.4 Å². The molecule has 0 amide bonds. The van der Waals surface area contributed by atoms with E-state index in [-0.39, 0.29) is 5.60 Å². The van der Waals surface area contributed by atoms with Crippen LogP contribution < -0.4 is 0 Å². The molecule has 1 aliphatic rings. The molecule has 76 valence electrons. The molecule has 1 heterocycles. The number of allylic oxidation sites excluding steroid dienone is 1. The maximum atomic E-state index is 5.68. The summed E-state index contributed by atoms with van der Waals surface area (Å²) in [5.41, 5.74) is -0.224. The van der Waals surface area contributed by atoms with Crippen molar-refractivity contribution in [3.05, 3.63) is 12.3 Å². The molecule has 0 spiro atoms. The zero-order chi connectivity index (χ0) is 9.57. The molecule has 13 heavy (non-hydrogen) atoms. The summed E-state index contributed by atoms with van der Waals surface area (Å²) in [7, 11) is 0. The van der Waals surface area contributed by atoms with Crippen LogP contribution in [0.15, 0.2) is 12.3 Å². The summed E-state index contributed by atoms with van der Waals surface area (Å²) in [6, 6.07) is 0. The van der Waals surface area contributed by atoms with Gasteiger partial charge in [-0.15, -0.1) is 0 Å². The summed E-state index contributed by atoms with van der Waals surface area (Å²) in [6.45, 7) is 6.61. The zero-order valence-corrected chi connectivity index (χ0v) is 8.41. The van der Waals surface area contributed by atoms with Gasteiger partial charge in [0.2, 0.25) is 0 Å². The Bertz CT molecular complexity index is 160. The van der Waals surface area contributed by atoms with Gasteiger partial charge in [0.05, 0.1) is 26.1 Å². The number of rotatable bonds is 4. The lowest BCUT2D eigenvalue weighted by Gasteiger charge is -2.35. The molecule has 0 bridgehead atoms. The van der Waals surface area contributed by atoms with Crippen molar-refractivity contribution in [1.82, 2.24) is 0 Å². The van der Waals surface area contributed by atoms with Crippen LogP contribution in [0.25, 0.3) is 0 Å². The van der Waals surface area contributed by atoms with E-state index < -0.39 is 0 Å². The molecule has 1 atom stereocenters. The van der Waals surface area contributed by atoms with E-state index in [9.17, 15) is 0 Å². The van der Waals surface area contributed by atoms with Crippen LogP contribution in [0.4, 0.5) is 0 Å². The van der Waals surface area contributed by atoms with E-state index in [1.165, 1.54) is 0 Å². The topological polar surface area (TPSA) is 27.7 Å². The largest absolute Gasteiger partial charge is 0.498 e. The first-order chi connectivity index (χ1) is 6.33. The highest BCUT2D eigenvalue weighted by Crippen LogP contribution is 2.20. The lowest BCUT2D eigenvalue weighted by molar-refractivity contribution is -0.176. The van der Waals surface area contributed by atoms with Crippen molar-refractivity contribution >= 4 is 0 Å². The van der Waals surface area contributed by atoms with Crippen LogP contribution in [0.1, 0.15) is 20.3 Å². The fourth-order valence-corrected chi connectivity index (χ4v) is 1.30. The Labute approximate surface area is 79.7 Å². The highest BCUT2D eigenvalue weighted by Gasteiger charge is 2.32. The standard InChI is InChI=1S/C10H18O3/c1-3-5-11-8-10(4-2)9-12-6-7-13-10/h3,5H,4,6-9H2,1-2H3/b5-3+. The fraction of sp³-hybridized carbons (Fsp3) is 0.800. The SMILES string of the molecule is C/C=C/OCC1(CC)COCCO1. The third-order valence-electron chi connectivity index (χ3n) is 2.22. The summed E-state index contributed by atoms with van der Waals surface area (Å²) in [6.07, 6.45) is 4.48. The molecular weight excluding hydrogens is 168 g/mol. The monoisotopic (exact) mass is 186 g/mol. The Balaban J connectivity index is 2.38. The molecule has 1 rings (SSSR count). The molecule has 1 unspecified atom stereocenters. The van der Waals surface area contributed by atoms with E-state index in [1.807, 2.05) is 13.0 Å². The van der Waals surface area contributed by atoms with Crippen LogP contribution in [0.2, 0.25) is 0 Å². The predicted octanol–water partition coefficient (Wildman–Crippen LogP) is 1.73. The molecule has 0 aromatic heterocycles. The van der Waals surface area contributed by atoms with Crippen molar-refractivity contribution < 1.29 is 14.2 Å². The minimum Gasteiger partial charge on any atom is -0.498 e. The first-order valence-corrected chi connectivity index (χ1v) is 4.77. The predicted molar refractivity (Wildman–Crippen MR) is 50.6 cm³/mol. The van der Waals surface area contributed by atoms with Crippen LogP contribution in [0, 0.1) is 0 Å². The first-order valence-electron chi connectivity index (χ1n) is 4.77. The van der Waals surface area contributed by atoms with Crippen molar-refractivity contribution in [3.63, 3.8) is 0 Å². The van der Waals surface area contributed by atoms with Crippen molar-refractivity contribution in [2.24, 2.45) is 0 Å². The summed E-state index contributed by atoms with van der Waals surface area (Å²) >= 11 is 0. The van der Waals surface area contributed by atoms with Gasteiger partial charge in [0.15, 0.2) is 0 Å². The van der Waals surface area contributed by atoms with Crippen molar-refractivity contribution in [3.8, 4) is 0 Å². The molecule has 0 saturated carbocycles. The molecule has 1 aliphatic heterocycles. The van der Waals surface area contributed by atoms with Gasteiger partial charge in [0.1, 0.15) is 12.2 Å². The van der Waals surface area contributed by atoms with Crippen molar-refractivity contribution in [2.45, 2.75) is 25.9 Å². The summed E-state index contributed by atoms with van der Waals surface area (Å²) < 4.78 is 16.4. The normalized spacial score (nSPS) is 29.4. The molecule has 0 radical (unpaired) electrons. The van der Waals surface area contributed by atoms with E-state index >= 15 is 0 Å². The van der Waals surface area contributed by atoms with Gasteiger partial charge in [0, 0.05) is 0 Å². The highest BCUT2D eigenvalue weighted by molar-refractivity contribution is 4.82. The van der Waals surface area contributed by atoms with Gasteiger partial charge >= 0.3 is 0 Å². The Morgan fingerprint density at radius 2 is 2.31 bits per heavy atom. The van der Waals surface area contributed by atoms with Gasteiger partial charge in [0.25, 0.3) is 0 Å². The molecule has 3 nitrogen and oxygen atoms in total. The third kappa shape index (κ3) is 3.01. The van der Waals surface area contributed by atoms with Crippen LogP contribution >= 0.6 is 0 Å². The average Bonchev–Trinajstić information content (AvgIpc) is 2.20. The second-order valence-corrected chi connectivity index (χ2v) is 3.22. The molecule has 0 aromatic carbocycles. The summed E-state index contributed by atoms with van der Waals surface area (Å²) in [5.74, 6) is 0. The maximum Gasteiger partial charge on any atom is 0.125 e. The summed E-state index contributed by atoms with van der Waals surface area (Å²) in [5, 5.41) is 0. The number of hydrogen-bond donors (Lipinski definition) is 0. The second kappa shape index (κ2) is 5.25.